The first kappa shape index (κ1) is 9.73. The zero-order chi connectivity index (χ0) is 10.1. The summed E-state index contributed by atoms with van der Waals surface area (Å²) in [6.07, 6.45) is 1.70. The average molecular weight is 318 g/mol. The van der Waals surface area contributed by atoms with E-state index in [0.29, 0.717) is 4.60 Å². The van der Waals surface area contributed by atoms with Gasteiger partial charge in [-0.25, -0.2) is 4.79 Å². The largest absolute Gasteiger partial charge is 0.330 e. The molecule has 0 saturated heterocycles. The van der Waals surface area contributed by atoms with Gasteiger partial charge in [0, 0.05) is 10.7 Å². The number of imidazole rings is 1. The van der Waals surface area contributed by atoms with Gasteiger partial charge in [-0.3, -0.25) is 9.55 Å². The molecule has 1 N–H and O–H groups in total. The fourth-order valence-corrected chi connectivity index (χ4v) is 1.80. The highest BCUT2D eigenvalue weighted by Gasteiger charge is 2.02. The number of rotatable bonds is 1. The van der Waals surface area contributed by atoms with Crippen molar-refractivity contribution in [2.45, 2.75) is 0 Å². The van der Waals surface area contributed by atoms with E-state index in [4.69, 9.17) is 0 Å². The minimum absolute atomic E-state index is 0.154. The van der Waals surface area contributed by atoms with E-state index in [0.717, 1.165) is 10.2 Å². The van der Waals surface area contributed by atoms with Crippen molar-refractivity contribution in [3.05, 3.63) is 50.0 Å². The predicted molar refractivity (Wildman–Crippen MR) is 61.8 cm³/mol. The number of H-pyrrole nitrogens is 1. The lowest BCUT2D eigenvalue weighted by Crippen LogP contribution is -2.13. The van der Waals surface area contributed by atoms with Crippen LogP contribution in [0.25, 0.3) is 5.69 Å². The highest BCUT2D eigenvalue weighted by Crippen LogP contribution is 2.13. The van der Waals surface area contributed by atoms with Gasteiger partial charge >= 0.3 is 5.69 Å². The molecule has 0 aliphatic heterocycles. The molecule has 0 spiro atoms. The summed E-state index contributed by atoms with van der Waals surface area (Å²) >= 11 is 6.55. The molecule has 1 heterocycles. The third-order valence-electron chi connectivity index (χ3n) is 1.79. The van der Waals surface area contributed by atoms with E-state index in [1.54, 1.807) is 6.20 Å². The Labute approximate surface area is 97.0 Å². The van der Waals surface area contributed by atoms with Crippen molar-refractivity contribution in [3.63, 3.8) is 0 Å². The van der Waals surface area contributed by atoms with Crippen LogP contribution in [0.2, 0.25) is 0 Å². The van der Waals surface area contributed by atoms with Crippen LogP contribution < -0.4 is 5.69 Å². The Morgan fingerprint density at radius 2 is 1.79 bits per heavy atom. The molecule has 0 aliphatic rings. The first-order valence-electron chi connectivity index (χ1n) is 3.90. The van der Waals surface area contributed by atoms with Crippen LogP contribution in [0.15, 0.2) is 44.3 Å². The predicted octanol–water partition coefficient (Wildman–Crippen LogP) is 2.69. The van der Waals surface area contributed by atoms with Crippen LogP contribution in [0.3, 0.4) is 0 Å². The van der Waals surface area contributed by atoms with Crippen molar-refractivity contribution in [2.75, 3.05) is 0 Å². The van der Waals surface area contributed by atoms with Crippen molar-refractivity contribution in [3.8, 4) is 5.69 Å². The van der Waals surface area contributed by atoms with Gasteiger partial charge in [-0.15, -0.1) is 0 Å². The number of aromatic amines is 1. The van der Waals surface area contributed by atoms with Gasteiger partial charge in [0.1, 0.15) is 4.60 Å². The molecule has 72 valence electrons. The van der Waals surface area contributed by atoms with Gasteiger partial charge in [-0.05, 0) is 40.2 Å². The summed E-state index contributed by atoms with van der Waals surface area (Å²) in [7, 11) is 0. The van der Waals surface area contributed by atoms with Gasteiger partial charge in [0.05, 0.1) is 5.69 Å². The maximum Gasteiger partial charge on any atom is 0.330 e. The lowest BCUT2D eigenvalue weighted by atomic mass is 10.3. The normalized spacial score (nSPS) is 10.4. The summed E-state index contributed by atoms with van der Waals surface area (Å²) in [6, 6.07) is 7.52. The standard InChI is InChI=1S/C9H6Br2N2O/c10-6-1-3-7(4-2-6)13-5-8(11)12-9(13)14/h1-5H,(H,12,14). The summed E-state index contributed by atoms with van der Waals surface area (Å²) in [5, 5.41) is 0. The molecule has 0 aliphatic carbocycles. The molecule has 2 aromatic rings. The van der Waals surface area contributed by atoms with Crippen molar-refractivity contribution >= 4 is 31.9 Å². The lowest BCUT2D eigenvalue weighted by Gasteiger charge is -1.99. The van der Waals surface area contributed by atoms with Crippen molar-refractivity contribution < 1.29 is 0 Å². The Bertz CT molecular complexity index is 498. The monoisotopic (exact) mass is 316 g/mol. The molecule has 5 heteroatoms. The molecule has 1 aromatic heterocycles. The van der Waals surface area contributed by atoms with E-state index < -0.39 is 0 Å². The zero-order valence-corrected chi connectivity index (χ0v) is 10.2. The Morgan fingerprint density at radius 1 is 1.14 bits per heavy atom. The smallest absolute Gasteiger partial charge is 0.300 e. The molecule has 0 unspecified atom stereocenters. The molecule has 1 aromatic carbocycles. The number of hydrogen-bond donors (Lipinski definition) is 1. The second kappa shape index (κ2) is 3.74. The molecule has 2 rings (SSSR count). The second-order valence-corrected chi connectivity index (χ2v) is 4.52. The van der Waals surface area contributed by atoms with Crippen molar-refractivity contribution in [1.82, 2.24) is 9.55 Å². The van der Waals surface area contributed by atoms with E-state index in [1.165, 1.54) is 4.57 Å². The lowest BCUT2D eigenvalue weighted by molar-refractivity contribution is 0.987. The number of benzene rings is 1. The first-order valence-corrected chi connectivity index (χ1v) is 5.48. The SMILES string of the molecule is O=c1[nH]c(Br)cn1-c1ccc(Br)cc1. The third kappa shape index (κ3) is 1.83. The number of halogens is 2. The summed E-state index contributed by atoms with van der Waals surface area (Å²) in [4.78, 5) is 14.0. The van der Waals surface area contributed by atoms with E-state index in [9.17, 15) is 4.79 Å². The second-order valence-electron chi connectivity index (χ2n) is 2.75. The first-order chi connectivity index (χ1) is 6.66. The fraction of sp³-hybridized carbons (Fsp3) is 0. The van der Waals surface area contributed by atoms with Gasteiger partial charge in [0.2, 0.25) is 0 Å². The number of nitrogens with one attached hydrogen (secondary N) is 1. The van der Waals surface area contributed by atoms with Crippen LogP contribution in [0, 0.1) is 0 Å². The molecule has 0 bridgehead atoms. The maximum absolute atomic E-state index is 11.4. The van der Waals surface area contributed by atoms with Gasteiger partial charge < -0.3 is 0 Å². The van der Waals surface area contributed by atoms with Crippen LogP contribution >= 0.6 is 31.9 Å². The van der Waals surface area contributed by atoms with E-state index in [2.05, 4.69) is 36.8 Å². The van der Waals surface area contributed by atoms with Gasteiger partial charge in [-0.1, -0.05) is 15.9 Å². The van der Waals surface area contributed by atoms with Crippen LogP contribution in [-0.2, 0) is 0 Å². The van der Waals surface area contributed by atoms with Crippen LogP contribution in [0.1, 0.15) is 0 Å². The summed E-state index contributed by atoms with van der Waals surface area (Å²) < 4.78 is 3.20. The Balaban J connectivity index is 2.54. The number of aromatic nitrogens is 2. The van der Waals surface area contributed by atoms with Gasteiger partial charge in [0.25, 0.3) is 0 Å². The van der Waals surface area contributed by atoms with Gasteiger partial charge in [-0.2, -0.15) is 0 Å². The van der Waals surface area contributed by atoms with Crippen LogP contribution in [-0.4, -0.2) is 9.55 Å². The number of hydrogen-bond acceptors (Lipinski definition) is 1. The van der Waals surface area contributed by atoms with Crippen molar-refractivity contribution in [1.29, 1.82) is 0 Å². The number of nitrogens with zero attached hydrogens (tertiary/aromatic N) is 1. The Kier molecular flexibility index (Phi) is 2.60. The maximum atomic E-state index is 11.4. The summed E-state index contributed by atoms with van der Waals surface area (Å²) in [6.45, 7) is 0. The molecule has 3 nitrogen and oxygen atoms in total. The Hall–Kier alpha value is -0.810. The summed E-state index contributed by atoms with van der Waals surface area (Å²) in [5.41, 5.74) is 0.680. The zero-order valence-electron chi connectivity index (χ0n) is 7.00. The van der Waals surface area contributed by atoms with E-state index in [1.807, 2.05) is 24.3 Å². The topological polar surface area (TPSA) is 37.8 Å². The third-order valence-corrected chi connectivity index (χ3v) is 2.72. The Morgan fingerprint density at radius 3 is 2.29 bits per heavy atom. The highest BCUT2D eigenvalue weighted by molar-refractivity contribution is 9.10. The van der Waals surface area contributed by atoms with Crippen LogP contribution in [0.5, 0.6) is 0 Å². The van der Waals surface area contributed by atoms with Crippen molar-refractivity contribution in [2.24, 2.45) is 0 Å². The highest BCUT2D eigenvalue weighted by atomic mass is 79.9. The van der Waals surface area contributed by atoms with Crippen LogP contribution in [0.4, 0.5) is 0 Å². The van der Waals surface area contributed by atoms with Gasteiger partial charge in [0.15, 0.2) is 0 Å². The quantitative estimate of drug-likeness (QED) is 0.862. The molecule has 0 atom stereocenters. The molecule has 0 fully saturated rings. The van der Waals surface area contributed by atoms with E-state index >= 15 is 0 Å². The molecular formula is C9H6Br2N2O. The molecule has 0 saturated carbocycles. The molecule has 0 radical (unpaired) electrons. The molecular weight excluding hydrogens is 312 g/mol. The fourth-order valence-electron chi connectivity index (χ4n) is 1.16. The average Bonchev–Trinajstić information content (AvgIpc) is 2.47. The molecule has 0 amide bonds. The van der Waals surface area contributed by atoms with E-state index in [-0.39, 0.29) is 5.69 Å². The molecule has 14 heavy (non-hydrogen) atoms. The summed E-state index contributed by atoms with van der Waals surface area (Å²) in [5.74, 6) is 0. The minimum atomic E-state index is -0.154. The minimum Gasteiger partial charge on any atom is -0.300 e.